The standard InChI is InChI=1S/C26H31N5O4/c1-17(2)16-30-25(33)19-7-5-6-8-20(19)31-23(28-29-26(30)31)11-12-24(32)27-14-13-18-9-10-21(34-3)22(15-18)35-4/h5-10,15,17H,11-14,16H2,1-4H3,(H,27,32). The molecule has 0 atom stereocenters. The van der Waals surface area contributed by atoms with Gasteiger partial charge in [-0.25, -0.2) is 0 Å². The molecule has 2 aromatic carbocycles. The van der Waals surface area contributed by atoms with E-state index in [9.17, 15) is 9.59 Å². The predicted molar refractivity (Wildman–Crippen MR) is 134 cm³/mol. The third kappa shape index (κ3) is 5.13. The fourth-order valence-corrected chi connectivity index (χ4v) is 4.20. The van der Waals surface area contributed by atoms with Crippen molar-refractivity contribution in [3.05, 3.63) is 64.2 Å². The number of hydrogen-bond donors (Lipinski definition) is 1. The van der Waals surface area contributed by atoms with E-state index in [1.54, 1.807) is 18.8 Å². The molecule has 0 saturated carbocycles. The number of fused-ring (bicyclic) bond motifs is 3. The number of benzene rings is 2. The second-order valence-corrected chi connectivity index (χ2v) is 8.87. The summed E-state index contributed by atoms with van der Waals surface area (Å²) in [7, 11) is 3.20. The largest absolute Gasteiger partial charge is 0.493 e. The number of hydrogen-bond acceptors (Lipinski definition) is 6. The summed E-state index contributed by atoms with van der Waals surface area (Å²) in [6, 6.07) is 13.2. The van der Waals surface area contributed by atoms with Gasteiger partial charge < -0.3 is 14.8 Å². The molecular formula is C26H31N5O4. The van der Waals surface area contributed by atoms with Gasteiger partial charge in [0, 0.05) is 25.9 Å². The molecule has 35 heavy (non-hydrogen) atoms. The summed E-state index contributed by atoms with van der Waals surface area (Å²) in [4.78, 5) is 25.6. The van der Waals surface area contributed by atoms with E-state index in [2.05, 4.69) is 29.4 Å². The number of rotatable bonds is 10. The number of methoxy groups -OCH3 is 2. The lowest BCUT2D eigenvalue weighted by Crippen LogP contribution is -2.27. The Morgan fingerprint density at radius 2 is 1.80 bits per heavy atom. The third-order valence-corrected chi connectivity index (χ3v) is 5.88. The van der Waals surface area contributed by atoms with Gasteiger partial charge in [0.05, 0.1) is 25.1 Å². The molecule has 1 amide bonds. The second-order valence-electron chi connectivity index (χ2n) is 8.87. The number of carbonyl (C=O) groups is 1. The molecule has 0 fully saturated rings. The molecule has 4 aromatic rings. The Morgan fingerprint density at radius 1 is 1.03 bits per heavy atom. The van der Waals surface area contributed by atoms with Crippen LogP contribution in [0.15, 0.2) is 47.3 Å². The van der Waals surface area contributed by atoms with Crippen LogP contribution in [0.2, 0.25) is 0 Å². The Bertz CT molecular complexity index is 1410. The number of nitrogens with one attached hydrogen (secondary N) is 1. The molecule has 9 heteroatoms. The van der Waals surface area contributed by atoms with E-state index in [1.165, 1.54) is 0 Å². The third-order valence-electron chi connectivity index (χ3n) is 5.88. The summed E-state index contributed by atoms with van der Waals surface area (Å²) in [5.41, 5.74) is 1.72. The van der Waals surface area contributed by atoms with Gasteiger partial charge in [0.1, 0.15) is 5.82 Å². The van der Waals surface area contributed by atoms with Crippen LogP contribution in [0.1, 0.15) is 31.7 Å². The summed E-state index contributed by atoms with van der Waals surface area (Å²) in [5, 5.41) is 12.2. The number of amides is 1. The van der Waals surface area contributed by atoms with Crippen molar-refractivity contribution >= 4 is 22.6 Å². The normalized spacial score (nSPS) is 11.3. The molecule has 0 unspecified atom stereocenters. The Balaban J connectivity index is 1.46. The van der Waals surface area contributed by atoms with Crippen LogP contribution >= 0.6 is 0 Å². The number of aromatic nitrogens is 4. The molecule has 0 saturated heterocycles. The molecule has 0 radical (unpaired) electrons. The number of carbonyl (C=O) groups excluding carboxylic acids is 1. The van der Waals surface area contributed by atoms with Crippen molar-refractivity contribution in [3.8, 4) is 11.5 Å². The minimum absolute atomic E-state index is 0.0676. The number of aryl methyl sites for hydroxylation is 1. The molecule has 2 heterocycles. The predicted octanol–water partition coefficient (Wildman–Crippen LogP) is 3.01. The lowest BCUT2D eigenvalue weighted by molar-refractivity contribution is -0.121. The topological polar surface area (TPSA) is 99.7 Å². The first-order valence-electron chi connectivity index (χ1n) is 11.8. The summed E-state index contributed by atoms with van der Waals surface area (Å²) in [6.07, 6.45) is 1.35. The molecule has 0 bridgehead atoms. The van der Waals surface area contributed by atoms with E-state index < -0.39 is 0 Å². The molecule has 0 spiro atoms. The van der Waals surface area contributed by atoms with Crippen LogP contribution in [-0.2, 0) is 24.2 Å². The number of ether oxygens (including phenoxy) is 2. The minimum atomic E-state index is -0.0753. The first-order chi connectivity index (χ1) is 16.9. The van der Waals surface area contributed by atoms with Crippen LogP contribution in [0.4, 0.5) is 0 Å². The minimum Gasteiger partial charge on any atom is -0.493 e. The highest BCUT2D eigenvalue weighted by molar-refractivity contribution is 5.80. The number of para-hydroxylation sites is 1. The lowest BCUT2D eigenvalue weighted by Gasteiger charge is -2.13. The van der Waals surface area contributed by atoms with Crippen molar-refractivity contribution in [3.63, 3.8) is 0 Å². The molecule has 9 nitrogen and oxygen atoms in total. The van der Waals surface area contributed by atoms with Crippen molar-refractivity contribution in [1.29, 1.82) is 0 Å². The van der Waals surface area contributed by atoms with Gasteiger partial charge in [-0.3, -0.25) is 18.6 Å². The Kier molecular flexibility index (Phi) is 7.33. The van der Waals surface area contributed by atoms with Crippen LogP contribution < -0.4 is 20.3 Å². The molecular weight excluding hydrogens is 446 g/mol. The number of nitrogens with zero attached hydrogens (tertiary/aromatic N) is 4. The van der Waals surface area contributed by atoms with E-state index in [4.69, 9.17) is 9.47 Å². The summed E-state index contributed by atoms with van der Waals surface area (Å²) < 4.78 is 14.2. The van der Waals surface area contributed by atoms with E-state index >= 15 is 0 Å². The van der Waals surface area contributed by atoms with Gasteiger partial charge in [0.2, 0.25) is 11.7 Å². The van der Waals surface area contributed by atoms with Gasteiger partial charge in [0.15, 0.2) is 11.5 Å². The van der Waals surface area contributed by atoms with Gasteiger partial charge >= 0.3 is 0 Å². The first kappa shape index (κ1) is 24.3. The van der Waals surface area contributed by atoms with E-state index in [0.29, 0.717) is 54.4 Å². The first-order valence-corrected chi connectivity index (χ1v) is 11.8. The fraction of sp³-hybridized carbons (Fsp3) is 0.385. The molecule has 0 aliphatic carbocycles. The zero-order chi connectivity index (χ0) is 24.9. The monoisotopic (exact) mass is 477 g/mol. The van der Waals surface area contributed by atoms with Crippen molar-refractivity contribution in [2.75, 3.05) is 20.8 Å². The van der Waals surface area contributed by atoms with Gasteiger partial charge in [-0.15, -0.1) is 10.2 Å². The van der Waals surface area contributed by atoms with Crippen molar-refractivity contribution in [1.82, 2.24) is 24.5 Å². The molecule has 4 rings (SSSR count). The molecule has 184 valence electrons. The molecule has 2 aromatic heterocycles. The smallest absolute Gasteiger partial charge is 0.262 e. The average molecular weight is 478 g/mol. The SMILES string of the molecule is COc1ccc(CCNC(=O)CCc2nnc3n(CC(C)C)c(=O)c4ccccc4n23)cc1OC. The van der Waals surface area contributed by atoms with Gasteiger partial charge in [0.25, 0.3) is 5.56 Å². The Hall–Kier alpha value is -3.88. The van der Waals surface area contributed by atoms with E-state index in [1.807, 2.05) is 46.9 Å². The fourth-order valence-electron chi connectivity index (χ4n) is 4.20. The maximum atomic E-state index is 13.1. The maximum Gasteiger partial charge on any atom is 0.262 e. The van der Waals surface area contributed by atoms with E-state index in [-0.39, 0.29) is 23.8 Å². The summed E-state index contributed by atoms with van der Waals surface area (Å²) in [6.45, 7) is 5.16. The van der Waals surface area contributed by atoms with Crippen molar-refractivity contribution < 1.29 is 14.3 Å². The highest BCUT2D eigenvalue weighted by Gasteiger charge is 2.17. The second kappa shape index (κ2) is 10.6. The van der Waals surface area contributed by atoms with Crippen LogP contribution in [-0.4, -0.2) is 45.8 Å². The van der Waals surface area contributed by atoms with Crippen LogP contribution in [0.5, 0.6) is 11.5 Å². The zero-order valence-corrected chi connectivity index (χ0v) is 20.6. The van der Waals surface area contributed by atoms with Crippen LogP contribution in [0.25, 0.3) is 16.7 Å². The van der Waals surface area contributed by atoms with Gasteiger partial charge in [-0.05, 0) is 42.2 Å². The zero-order valence-electron chi connectivity index (χ0n) is 20.6. The van der Waals surface area contributed by atoms with Crippen LogP contribution in [0, 0.1) is 5.92 Å². The lowest BCUT2D eigenvalue weighted by atomic mass is 10.1. The molecule has 1 N–H and O–H groups in total. The van der Waals surface area contributed by atoms with Crippen molar-refractivity contribution in [2.24, 2.45) is 5.92 Å². The van der Waals surface area contributed by atoms with Crippen LogP contribution in [0.3, 0.4) is 0 Å². The highest BCUT2D eigenvalue weighted by Crippen LogP contribution is 2.27. The van der Waals surface area contributed by atoms with Gasteiger partial charge in [-0.1, -0.05) is 32.0 Å². The molecule has 0 aliphatic heterocycles. The average Bonchev–Trinajstić information content (AvgIpc) is 3.29. The van der Waals surface area contributed by atoms with E-state index in [0.717, 1.165) is 11.1 Å². The Morgan fingerprint density at radius 3 is 2.54 bits per heavy atom. The highest BCUT2D eigenvalue weighted by atomic mass is 16.5. The summed E-state index contributed by atoms with van der Waals surface area (Å²) in [5.74, 6) is 2.71. The Labute approximate surface area is 203 Å². The quantitative estimate of drug-likeness (QED) is 0.377. The van der Waals surface area contributed by atoms with Crippen molar-refractivity contribution in [2.45, 2.75) is 39.7 Å². The maximum absolute atomic E-state index is 13.1. The summed E-state index contributed by atoms with van der Waals surface area (Å²) >= 11 is 0. The molecule has 0 aliphatic rings. The van der Waals surface area contributed by atoms with Gasteiger partial charge in [-0.2, -0.15) is 0 Å².